The summed E-state index contributed by atoms with van der Waals surface area (Å²) in [4.78, 5) is 14.8. The van der Waals surface area contributed by atoms with Crippen molar-refractivity contribution in [2.75, 3.05) is 0 Å². The van der Waals surface area contributed by atoms with E-state index in [1.54, 1.807) is 6.07 Å². The van der Waals surface area contributed by atoms with Crippen LogP contribution >= 0.6 is 11.6 Å². The molecule has 0 unspecified atom stereocenters. The zero-order chi connectivity index (χ0) is 16.0. The Morgan fingerprint density at radius 1 is 1.04 bits per heavy atom. The van der Waals surface area contributed by atoms with Crippen LogP contribution in [0.1, 0.15) is 0 Å². The molecule has 1 aromatic heterocycles. The number of nitro benzene ring substituents is 1. The van der Waals surface area contributed by atoms with Crippen molar-refractivity contribution in [2.24, 2.45) is 0 Å². The van der Waals surface area contributed by atoms with Crippen molar-refractivity contribution in [3.63, 3.8) is 0 Å². The molecule has 112 valence electrons. The fourth-order valence-corrected chi connectivity index (χ4v) is 2.84. The maximum Gasteiger partial charge on any atom is 0.271 e. The first-order valence-corrected chi connectivity index (χ1v) is 7.24. The van der Waals surface area contributed by atoms with Crippen LogP contribution in [-0.4, -0.2) is 9.91 Å². The van der Waals surface area contributed by atoms with Crippen LogP contribution in [0.2, 0.25) is 5.02 Å². The molecule has 0 spiro atoms. The van der Waals surface area contributed by atoms with Gasteiger partial charge in [0.1, 0.15) is 5.52 Å². The van der Waals surface area contributed by atoms with E-state index in [0.717, 1.165) is 16.3 Å². The van der Waals surface area contributed by atoms with Gasteiger partial charge in [0.15, 0.2) is 5.58 Å². The van der Waals surface area contributed by atoms with E-state index in [0.29, 0.717) is 22.0 Å². The highest BCUT2D eigenvalue weighted by Crippen LogP contribution is 2.34. The number of benzene rings is 3. The number of aromatic nitrogens is 1. The normalized spacial score (nSPS) is 11.2. The summed E-state index contributed by atoms with van der Waals surface area (Å²) in [5.74, 6) is 0.411. The van der Waals surface area contributed by atoms with Gasteiger partial charge in [-0.3, -0.25) is 10.1 Å². The third-order valence-corrected chi connectivity index (χ3v) is 4.01. The zero-order valence-electron chi connectivity index (χ0n) is 11.7. The monoisotopic (exact) mass is 324 g/mol. The van der Waals surface area contributed by atoms with Crippen LogP contribution in [0, 0.1) is 10.1 Å². The molecule has 0 bridgehead atoms. The Bertz CT molecular complexity index is 1070. The molecule has 23 heavy (non-hydrogen) atoms. The van der Waals surface area contributed by atoms with Crippen LogP contribution in [0.3, 0.4) is 0 Å². The first-order valence-electron chi connectivity index (χ1n) is 6.86. The van der Waals surface area contributed by atoms with Crippen LogP contribution < -0.4 is 0 Å². The topological polar surface area (TPSA) is 69.2 Å². The number of hydrogen-bond donors (Lipinski definition) is 0. The predicted molar refractivity (Wildman–Crippen MR) is 88.6 cm³/mol. The summed E-state index contributed by atoms with van der Waals surface area (Å²) < 4.78 is 5.76. The van der Waals surface area contributed by atoms with E-state index in [2.05, 4.69) is 4.98 Å². The molecule has 0 atom stereocenters. The number of nitro groups is 1. The number of oxazole rings is 1. The number of nitrogens with zero attached hydrogens (tertiary/aromatic N) is 2. The molecule has 0 aliphatic rings. The molecule has 0 N–H and O–H groups in total. The lowest BCUT2D eigenvalue weighted by molar-refractivity contribution is -0.384. The smallest absolute Gasteiger partial charge is 0.271 e. The highest BCUT2D eigenvalue weighted by atomic mass is 35.5. The minimum absolute atomic E-state index is 0.0154. The Labute approximate surface area is 135 Å². The van der Waals surface area contributed by atoms with Gasteiger partial charge >= 0.3 is 0 Å². The van der Waals surface area contributed by atoms with Crippen molar-refractivity contribution < 1.29 is 9.34 Å². The predicted octanol–water partition coefficient (Wildman–Crippen LogP) is 5.21. The number of non-ortho nitro benzene ring substituents is 1. The molecule has 4 aromatic rings. The molecule has 3 aromatic carbocycles. The SMILES string of the molecule is O=[N+]([O-])c1ccc2oc(-c3cccc4c(Cl)cccc34)nc2c1. The van der Waals surface area contributed by atoms with Gasteiger partial charge in [-0.15, -0.1) is 0 Å². The third kappa shape index (κ3) is 2.22. The molecule has 5 nitrogen and oxygen atoms in total. The van der Waals surface area contributed by atoms with E-state index in [1.807, 2.05) is 36.4 Å². The highest BCUT2D eigenvalue weighted by Gasteiger charge is 2.15. The molecule has 0 saturated carbocycles. The molecule has 0 amide bonds. The maximum atomic E-state index is 10.9. The van der Waals surface area contributed by atoms with E-state index in [1.165, 1.54) is 12.1 Å². The summed E-state index contributed by atoms with van der Waals surface area (Å²) in [6, 6.07) is 15.7. The standard InChI is InChI=1S/C17H9ClN2O3/c18-14-6-2-3-11-12(14)4-1-5-13(11)17-19-15-9-10(20(21)22)7-8-16(15)23-17/h1-9H. The van der Waals surface area contributed by atoms with Gasteiger partial charge in [0, 0.05) is 28.1 Å². The van der Waals surface area contributed by atoms with Gasteiger partial charge in [-0.05, 0) is 23.6 Å². The minimum atomic E-state index is -0.453. The van der Waals surface area contributed by atoms with E-state index in [9.17, 15) is 10.1 Å². The van der Waals surface area contributed by atoms with Crippen LogP contribution in [0.15, 0.2) is 59.0 Å². The van der Waals surface area contributed by atoms with Crippen molar-refractivity contribution >= 4 is 39.2 Å². The summed E-state index contributed by atoms with van der Waals surface area (Å²) in [5, 5.41) is 13.3. The summed E-state index contributed by atoms with van der Waals surface area (Å²) in [7, 11) is 0. The van der Waals surface area contributed by atoms with Crippen LogP contribution in [0.25, 0.3) is 33.3 Å². The van der Waals surface area contributed by atoms with Gasteiger partial charge in [-0.2, -0.15) is 0 Å². The average Bonchev–Trinajstić information content (AvgIpc) is 2.97. The molecular weight excluding hydrogens is 316 g/mol. The molecule has 0 radical (unpaired) electrons. The summed E-state index contributed by atoms with van der Waals surface area (Å²) in [6.45, 7) is 0. The minimum Gasteiger partial charge on any atom is -0.436 e. The number of hydrogen-bond acceptors (Lipinski definition) is 4. The van der Waals surface area contributed by atoms with Gasteiger partial charge in [-0.1, -0.05) is 35.9 Å². The number of rotatable bonds is 2. The largest absolute Gasteiger partial charge is 0.436 e. The Kier molecular flexibility index (Phi) is 3.02. The summed E-state index contributed by atoms with van der Waals surface area (Å²) in [5.41, 5.74) is 1.74. The molecule has 1 heterocycles. The van der Waals surface area contributed by atoms with E-state index in [-0.39, 0.29) is 5.69 Å². The summed E-state index contributed by atoms with van der Waals surface area (Å²) in [6.07, 6.45) is 0. The second kappa shape index (κ2) is 5.07. The van der Waals surface area contributed by atoms with E-state index in [4.69, 9.17) is 16.0 Å². The Hall–Kier alpha value is -2.92. The van der Waals surface area contributed by atoms with Crippen molar-refractivity contribution in [3.05, 3.63) is 69.7 Å². The van der Waals surface area contributed by atoms with E-state index >= 15 is 0 Å². The van der Waals surface area contributed by atoms with E-state index < -0.39 is 4.92 Å². The van der Waals surface area contributed by atoms with Crippen LogP contribution in [-0.2, 0) is 0 Å². The Balaban J connectivity index is 1.96. The number of fused-ring (bicyclic) bond motifs is 2. The van der Waals surface area contributed by atoms with Gasteiger partial charge in [0.2, 0.25) is 5.89 Å². The molecule has 0 saturated heterocycles. The van der Waals surface area contributed by atoms with Gasteiger partial charge < -0.3 is 4.42 Å². The molecule has 0 aliphatic heterocycles. The molecule has 0 aliphatic carbocycles. The molecular formula is C17H9ClN2O3. The first-order chi connectivity index (χ1) is 11.1. The zero-order valence-corrected chi connectivity index (χ0v) is 12.4. The lowest BCUT2D eigenvalue weighted by atomic mass is 10.0. The Morgan fingerprint density at radius 3 is 2.65 bits per heavy atom. The second-order valence-electron chi connectivity index (χ2n) is 5.07. The fourth-order valence-electron chi connectivity index (χ4n) is 2.60. The summed E-state index contributed by atoms with van der Waals surface area (Å²) >= 11 is 6.22. The van der Waals surface area contributed by atoms with Crippen LogP contribution in [0.5, 0.6) is 0 Å². The van der Waals surface area contributed by atoms with Crippen molar-refractivity contribution in [1.29, 1.82) is 0 Å². The van der Waals surface area contributed by atoms with Crippen molar-refractivity contribution in [2.45, 2.75) is 0 Å². The molecule has 0 fully saturated rings. The lowest BCUT2D eigenvalue weighted by Gasteiger charge is -2.04. The second-order valence-corrected chi connectivity index (χ2v) is 5.48. The quantitative estimate of drug-likeness (QED) is 0.375. The van der Waals surface area contributed by atoms with Crippen LogP contribution in [0.4, 0.5) is 5.69 Å². The number of halogens is 1. The molecule has 6 heteroatoms. The molecule has 4 rings (SSSR count). The van der Waals surface area contributed by atoms with Gasteiger partial charge in [-0.25, -0.2) is 4.98 Å². The first kappa shape index (κ1) is 13.7. The van der Waals surface area contributed by atoms with Crippen molar-refractivity contribution in [3.8, 4) is 11.5 Å². The lowest BCUT2D eigenvalue weighted by Crippen LogP contribution is -1.86. The average molecular weight is 325 g/mol. The fraction of sp³-hybridized carbons (Fsp3) is 0. The van der Waals surface area contributed by atoms with Crippen molar-refractivity contribution in [1.82, 2.24) is 4.98 Å². The highest BCUT2D eigenvalue weighted by molar-refractivity contribution is 6.35. The van der Waals surface area contributed by atoms with Gasteiger partial charge in [0.05, 0.1) is 4.92 Å². The third-order valence-electron chi connectivity index (χ3n) is 3.68. The Morgan fingerprint density at radius 2 is 1.83 bits per heavy atom. The maximum absolute atomic E-state index is 10.9. The van der Waals surface area contributed by atoms with Gasteiger partial charge in [0.25, 0.3) is 5.69 Å².